The van der Waals surface area contributed by atoms with E-state index < -0.39 is 11.6 Å². The molecule has 1 aliphatic heterocycles. The molecule has 0 aromatic carbocycles. The first-order valence-electron chi connectivity index (χ1n) is 17.7. The molecule has 0 radical (unpaired) electrons. The summed E-state index contributed by atoms with van der Waals surface area (Å²) >= 11 is 0. The summed E-state index contributed by atoms with van der Waals surface area (Å²) in [4.78, 5) is 13.1. The van der Waals surface area contributed by atoms with Crippen LogP contribution in [0.5, 0.6) is 0 Å². The van der Waals surface area contributed by atoms with E-state index in [1.165, 1.54) is 0 Å². The van der Waals surface area contributed by atoms with Gasteiger partial charge in [0.2, 0.25) is 5.91 Å². The van der Waals surface area contributed by atoms with Crippen molar-refractivity contribution in [3.05, 3.63) is 0 Å². The molecule has 0 spiro atoms. The number of rotatable bonds is 8. The third-order valence-electron chi connectivity index (χ3n) is 14.9. The number of hydrogen-bond acceptors (Lipinski definition) is 6. The summed E-state index contributed by atoms with van der Waals surface area (Å²) in [6.45, 7) is 19.0. The van der Waals surface area contributed by atoms with E-state index in [0.717, 1.165) is 70.6 Å². The van der Waals surface area contributed by atoms with Crippen LogP contribution in [0.1, 0.15) is 132 Å². The minimum Gasteiger partial charge on any atom is -0.393 e. The van der Waals surface area contributed by atoms with Crippen molar-refractivity contribution in [3.63, 3.8) is 0 Å². The van der Waals surface area contributed by atoms with Gasteiger partial charge in [-0.3, -0.25) is 4.79 Å². The lowest BCUT2D eigenvalue weighted by Gasteiger charge is -2.71. The average molecular weight is 604 g/mol. The Labute approximate surface area is 262 Å². The summed E-state index contributed by atoms with van der Waals surface area (Å²) in [6.07, 6.45) is 11.2. The fourth-order valence-corrected chi connectivity index (χ4v) is 12.3. The quantitative estimate of drug-likeness (QED) is 0.240. The average Bonchev–Trinajstić information content (AvgIpc) is 3.50. The molecule has 7 nitrogen and oxygen atoms in total. The van der Waals surface area contributed by atoms with Crippen LogP contribution in [-0.4, -0.2) is 58.2 Å². The van der Waals surface area contributed by atoms with Crippen molar-refractivity contribution in [2.75, 3.05) is 6.54 Å². The van der Waals surface area contributed by atoms with Gasteiger partial charge in [0.15, 0.2) is 0 Å². The normalized spacial score (nSPS) is 48.2. The first-order chi connectivity index (χ1) is 19.8. The van der Waals surface area contributed by atoms with Gasteiger partial charge >= 0.3 is 0 Å². The van der Waals surface area contributed by atoms with E-state index in [0.29, 0.717) is 30.7 Å². The molecule has 1 saturated heterocycles. The number of carbonyl (C=O) groups excluding carboxylic acids is 1. The molecule has 4 saturated carbocycles. The molecule has 0 bridgehead atoms. The highest BCUT2D eigenvalue weighted by molar-refractivity contribution is 5.81. The Bertz CT molecular complexity index is 1040. The lowest BCUT2D eigenvalue weighted by molar-refractivity contribution is -0.240. The fourth-order valence-electron chi connectivity index (χ4n) is 12.3. The van der Waals surface area contributed by atoms with Crippen molar-refractivity contribution in [1.29, 1.82) is 0 Å². The molecular formula is C36H65N3O4. The number of nitrogens with two attached hydrogens (primary N) is 2. The molecule has 1 heterocycles. The molecule has 5 rings (SSSR count). The van der Waals surface area contributed by atoms with Gasteiger partial charge in [-0.05, 0) is 143 Å². The number of amides is 1. The Kier molecular flexibility index (Phi) is 8.77. The van der Waals surface area contributed by atoms with Crippen LogP contribution in [0.15, 0.2) is 0 Å². The van der Waals surface area contributed by atoms with Crippen LogP contribution in [0.25, 0.3) is 0 Å². The highest BCUT2D eigenvalue weighted by atomic mass is 16.5. The second kappa shape index (κ2) is 11.2. The maximum absolute atomic E-state index is 13.1. The van der Waals surface area contributed by atoms with Crippen LogP contribution in [0.2, 0.25) is 0 Å². The Morgan fingerprint density at radius 1 is 0.953 bits per heavy atom. The summed E-state index contributed by atoms with van der Waals surface area (Å²) in [5, 5.41) is 26.3. The molecule has 0 aromatic heterocycles. The maximum Gasteiger partial charge on any atom is 0.237 e. The molecule has 12 atom stereocenters. The van der Waals surface area contributed by atoms with Crippen LogP contribution >= 0.6 is 0 Å². The van der Waals surface area contributed by atoms with E-state index in [9.17, 15) is 15.0 Å². The van der Waals surface area contributed by atoms with Gasteiger partial charge in [-0.15, -0.1) is 0 Å². The van der Waals surface area contributed by atoms with Crippen molar-refractivity contribution in [2.24, 2.45) is 56.8 Å². The number of fused-ring (bicyclic) bond motifs is 5. The van der Waals surface area contributed by atoms with Crippen LogP contribution in [0.3, 0.4) is 0 Å². The predicted molar refractivity (Wildman–Crippen MR) is 172 cm³/mol. The topological polar surface area (TPSA) is 131 Å². The first-order valence-corrected chi connectivity index (χ1v) is 17.7. The number of ether oxygens (including phenoxy) is 1. The molecule has 43 heavy (non-hydrogen) atoms. The number of unbranched alkanes of at least 4 members (excludes halogenated alkanes) is 1. The summed E-state index contributed by atoms with van der Waals surface area (Å²) < 4.78 is 6.72. The van der Waals surface area contributed by atoms with Crippen molar-refractivity contribution in [2.45, 2.75) is 168 Å². The Morgan fingerprint density at radius 2 is 1.63 bits per heavy atom. The van der Waals surface area contributed by atoms with Gasteiger partial charge in [0, 0.05) is 6.04 Å². The van der Waals surface area contributed by atoms with Crippen LogP contribution in [0, 0.1) is 45.3 Å². The SMILES string of the molecule is CC(C)(O)[C@H]1CC[C@@](C)([C@H]2CC[C@]3(C)[C@@H]2[C@H](O)C[C@@H]2[C@@]4(C)CC[C@H](NC(=O)[C@@H](N)CCCCN)C(C)(C)[C@@H]4CC[C@]23C)O1. The number of nitrogens with one attached hydrogen (secondary N) is 1. The Morgan fingerprint density at radius 3 is 2.26 bits per heavy atom. The molecule has 4 aliphatic carbocycles. The number of carbonyl (C=O) groups is 1. The standard InChI is InChI=1S/C36H65N3O4/c1-31(2)25-13-18-34(6)26(33(25,5)16-14-27(31)39-30(41)23(38)11-9-10-20-37)21-24(40)29-22(12-17-35(29,34)7)36(8)19-15-28(43-36)32(3,4)42/h22-29,40,42H,9-21,37-38H2,1-8H3,(H,39,41)/t22-,23-,24+,25-,26+,27-,28+,29-,33-,34+,35+,36-/m0/s1. The van der Waals surface area contributed by atoms with Crippen LogP contribution in [0.4, 0.5) is 0 Å². The van der Waals surface area contributed by atoms with E-state index in [4.69, 9.17) is 16.2 Å². The molecule has 7 heteroatoms. The summed E-state index contributed by atoms with van der Waals surface area (Å²) in [7, 11) is 0. The van der Waals surface area contributed by atoms with Crippen molar-refractivity contribution in [3.8, 4) is 0 Å². The lowest BCUT2D eigenvalue weighted by Crippen LogP contribution is -2.68. The lowest BCUT2D eigenvalue weighted by atomic mass is 9.35. The summed E-state index contributed by atoms with van der Waals surface area (Å²) in [5.74, 6) is 1.40. The maximum atomic E-state index is 13.1. The number of hydrogen-bond donors (Lipinski definition) is 5. The first kappa shape index (κ1) is 33.6. The van der Waals surface area contributed by atoms with Crippen molar-refractivity contribution < 1.29 is 19.7 Å². The van der Waals surface area contributed by atoms with E-state index in [1.54, 1.807) is 0 Å². The molecule has 1 amide bonds. The highest BCUT2D eigenvalue weighted by Gasteiger charge is 2.72. The smallest absolute Gasteiger partial charge is 0.237 e. The van der Waals surface area contributed by atoms with Gasteiger partial charge in [-0.2, -0.15) is 0 Å². The molecule has 248 valence electrons. The molecule has 5 fully saturated rings. The second-order valence-corrected chi connectivity index (χ2v) is 17.9. The minimum atomic E-state index is -0.852. The van der Waals surface area contributed by atoms with Gasteiger partial charge < -0.3 is 31.7 Å². The van der Waals surface area contributed by atoms with Crippen LogP contribution < -0.4 is 16.8 Å². The molecular weight excluding hydrogens is 538 g/mol. The minimum absolute atomic E-state index is 0.0192. The number of aliphatic hydroxyl groups is 2. The third kappa shape index (κ3) is 5.23. The molecule has 0 unspecified atom stereocenters. The van der Waals surface area contributed by atoms with Crippen molar-refractivity contribution >= 4 is 5.91 Å². The second-order valence-electron chi connectivity index (χ2n) is 17.9. The molecule has 5 aliphatic rings. The Balaban J connectivity index is 1.36. The zero-order valence-electron chi connectivity index (χ0n) is 28.7. The van der Waals surface area contributed by atoms with E-state index in [2.05, 4.69) is 46.9 Å². The number of aliphatic hydroxyl groups excluding tert-OH is 1. The third-order valence-corrected chi connectivity index (χ3v) is 14.9. The summed E-state index contributed by atoms with van der Waals surface area (Å²) in [6, 6.07) is -0.366. The highest BCUT2D eigenvalue weighted by Crippen LogP contribution is 2.76. The zero-order chi connectivity index (χ0) is 31.8. The van der Waals surface area contributed by atoms with Gasteiger partial charge in [0.05, 0.1) is 29.5 Å². The monoisotopic (exact) mass is 603 g/mol. The fraction of sp³-hybridized carbons (Fsp3) is 0.972. The summed E-state index contributed by atoms with van der Waals surface area (Å²) in [5.41, 5.74) is 11.0. The zero-order valence-corrected chi connectivity index (χ0v) is 28.7. The van der Waals surface area contributed by atoms with Crippen molar-refractivity contribution in [1.82, 2.24) is 5.32 Å². The van der Waals surface area contributed by atoms with Crippen LogP contribution in [-0.2, 0) is 9.53 Å². The van der Waals surface area contributed by atoms with Gasteiger partial charge in [-0.25, -0.2) is 0 Å². The van der Waals surface area contributed by atoms with E-state index >= 15 is 0 Å². The van der Waals surface area contributed by atoms with Gasteiger partial charge in [-0.1, -0.05) is 41.0 Å². The molecule has 0 aromatic rings. The van der Waals surface area contributed by atoms with Gasteiger partial charge in [0.1, 0.15) is 0 Å². The predicted octanol–water partition coefficient (Wildman–Crippen LogP) is 5.29. The molecule has 7 N–H and O–H groups in total. The van der Waals surface area contributed by atoms with E-state index in [-0.39, 0.29) is 57.3 Å². The van der Waals surface area contributed by atoms with E-state index in [1.807, 2.05) is 13.8 Å². The van der Waals surface area contributed by atoms with Gasteiger partial charge in [0.25, 0.3) is 0 Å². The Hall–Kier alpha value is -0.730. The largest absolute Gasteiger partial charge is 0.393 e.